The average Bonchev–Trinajstić information content (AvgIpc) is 2.55. The number of para-hydroxylation sites is 2. The maximum atomic E-state index is 5.68. The van der Waals surface area contributed by atoms with E-state index in [0.29, 0.717) is 11.5 Å². The van der Waals surface area contributed by atoms with Crippen molar-refractivity contribution >= 4 is 0 Å². The second-order valence-corrected chi connectivity index (χ2v) is 4.21. The highest BCUT2D eigenvalue weighted by Gasteiger charge is 2.14. The fourth-order valence-electron chi connectivity index (χ4n) is 1.66. The third-order valence-corrected chi connectivity index (χ3v) is 2.64. The first-order valence-corrected chi connectivity index (χ1v) is 6.66. The predicted molar refractivity (Wildman–Crippen MR) is 83.2 cm³/mol. The fourth-order valence-corrected chi connectivity index (χ4v) is 1.66. The van der Waals surface area contributed by atoms with E-state index in [1.807, 2.05) is 60.7 Å². The molecule has 0 amide bonds. The zero-order valence-electron chi connectivity index (χ0n) is 11.7. The molecular weight excluding hydrogens is 264 g/mol. The Morgan fingerprint density at radius 1 is 0.667 bits per heavy atom. The Morgan fingerprint density at radius 3 is 1.38 bits per heavy atom. The molecule has 2 aromatic carbocycles. The zero-order valence-corrected chi connectivity index (χ0v) is 11.7. The first kappa shape index (κ1) is 14.9. The van der Waals surface area contributed by atoms with Gasteiger partial charge in [-0.25, -0.2) is 0 Å². The first-order valence-electron chi connectivity index (χ1n) is 6.66. The molecule has 2 aromatic rings. The monoisotopic (exact) mass is 282 g/mol. The third-order valence-electron chi connectivity index (χ3n) is 2.64. The van der Waals surface area contributed by atoms with Crippen LogP contribution in [0.4, 0.5) is 0 Å². The van der Waals surface area contributed by atoms with Crippen LogP contribution in [0.1, 0.15) is 0 Å². The molecule has 0 radical (unpaired) electrons. The van der Waals surface area contributed by atoms with Gasteiger partial charge in [-0.05, 0) is 36.4 Å². The smallest absolute Gasteiger partial charge is 0.223 e. The van der Waals surface area contributed by atoms with Crippen LogP contribution in [0.2, 0.25) is 0 Å². The van der Waals surface area contributed by atoms with Gasteiger partial charge in [0.25, 0.3) is 0 Å². The Balaban J connectivity index is 1.95. The normalized spacial score (nSPS) is 13.0. The van der Waals surface area contributed by atoms with Gasteiger partial charge in [0.15, 0.2) is 0 Å². The van der Waals surface area contributed by atoms with E-state index in [4.69, 9.17) is 14.2 Å². The molecule has 108 valence electrons. The topological polar surface area (TPSA) is 27.7 Å². The van der Waals surface area contributed by atoms with Crippen LogP contribution in [0.15, 0.2) is 86.0 Å². The third kappa shape index (κ3) is 4.82. The molecule has 3 nitrogen and oxygen atoms in total. The highest BCUT2D eigenvalue weighted by molar-refractivity contribution is 5.22. The van der Waals surface area contributed by atoms with Crippen molar-refractivity contribution in [3.63, 3.8) is 0 Å². The van der Waals surface area contributed by atoms with Crippen LogP contribution in [-0.2, 0) is 4.74 Å². The quantitative estimate of drug-likeness (QED) is 0.537. The minimum atomic E-state index is -0.626. The highest BCUT2D eigenvalue weighted by Crippen LogP contribution is 2.16. The van der Waals surface area contributed by atoms with Crippen LogP contribution in [0.25, 0.3) is 0 Å². The number of ether oxygens (including phenoxy) is 3. The molecule has 21 heavy (non-hydrogen) atoms. The Bertz CT molecular complexity index is 500. The Morgan fingerprint density at radius 2 is 1.05 bits per heavy atom. The molecule has 0 saturated heterocycles. The minimum Gasteiger partial charge on any atom is -0.461 e. The molecule has 2 rings (SSSR count). The summed E-state index contributed by atoms with van der Waals surface area (Å²) >= 11 is 0. The minimum absolute atomic E-state index is 0.626. The number of benzene rings is 2. The molecule has 0 N–H and O–H groups in total. The van der Waals surface area contributed by atoms with Crippen LogP contribution in [0.3, 0.4) is 0 Å². The fraction of sp³-hybridized carbons (Fsp3) is 0.111. The van der Waals surface area contributed by atoms with Crippen molar-refractivity contribution in [2.45, 2.75) is 12.6 Å². The van der Waals surface area contributed by atoms with E-state index in [9.17, 15) is 0 Å². The van der Waals surface area contributed by atoms with Crippen molar-refractivity contribution < 1.29 is 14.2 Å². The van der Waals surface area contributed by atoms with Crippen LogP contribution in [0, 0.1) is 0 Å². The molecule has 0 aliphatic carbocycles. The molecule has 2 unspecified atom stereocenters. The Kier molecular flexibility index (Phi) is 5.61. The molecule has 0 saturated carbocycles. The van der Waals surface area contributed by atoms with E-state index >= 15 is 0 Å². The van der Waals surface area contributed by atoms with Crippen molar-refractivity contribution in [1.29, 1.82) is 0 Å². The summed E-state index contributed by atoms with van der Waals surface area (Å²) in [7, 11) is 0. The molecule has 0 bridgehead atoms. The van der Waals surface area contributed by atoms with Crippen molar-refractivity contribution in [3.05, 3.63) is 86.0 Å². The molecule has 0 spiro atoms. The van der Waals surface area contributed by atoms with Gasteiger partial charge in [0.1, 0.15) is 11.5 Å². The molecule has 0 aromatic heterocycles. The second kappa shape index (κ2) is 7.92. The van der Waals surface area contributed by atoms with Crippen molar-refractivity contribution in [2.75, 3.05) is 0 Å². The van der Waals surface area contributed by atoms with Crippen LogP contribution < -0.4 is 9.47 Å². The summed E-state index contributed by atoms with van der Waals surface area (Å²) in [5, 5.41) is 0. The Hall–Kier alpha value is -2.52. The molecule has 0 aliphatic rings. The summed E-state index contributed by atoms with van der Waals surface area (Å²) in [4.78, 5) is 0. The van der Waals surface area contributed by atoms with Gasteiger partial charge in [0, 0.05) is 0 Å². The van der Waals surface area contributed by atoms with Gasteiger partial charge in [-0.1, -0.05) is 49.6 Å². The second-order valence-electron chi connectivity index (χ2n) is 4.21. The summed E-state index contributed by atoms with van der Waals surface area (Å²) < 4.78 is 17.0. The van der Waals surface area contributed by atoms with E-state index in [2.05, 4.69) is 13.2 Å². The molecular formula is C18H18O3. The number of hydrogen-bond acceptors (Lipinski definition) is 3. The van der Waals surface area contributed by atoms with Gasteiger partial charge in [-0.3, -0.25) is 4.74 Å². The van der Waals surface area contributed by atoms with Crippen molar-refractivity contribution in [3.8, 4) is 11.5 Å². The van der Waals surface area contributed by atoms with Gasteiger partial charge in [-0.15, -0.1) is 0 Å². The summed E-state index contributed by atoms with van der Waals surface area (Å²) in [5.74, 6) is 1.40. The standard InChI is InChI=1S/C18H18O3/c1-3-17(19-15-11-7-5-8-12-15)21-18(4-2)20-16-13-9-6-10-14-16/h3-14,17-18H,1-2H2. The van der Waals surface area contributed by atoms with Gasteiger partial charge < -0.3 is 9.47 Å². The molecule has 0 fully saturated rings. The molecule has 0 aliphatic heterocycles. The van der Waals surface area contributed by atoms with E-state index in [1.54, 1.807) is 12.2 Å². The Labute approximate surface area is 125 Å². The maximum absolute atomic E-state index is 5.68. The van der Waals surface area contributed by atoms with Crippen LogP contribution in [-0.4, -0.2) is 12.6 Å². The van der Waals surface area contributed by atoms with Crippen LogP contribution >= 0.6 is 0 Å². The lowest BCUT2D eigenvalue weighted by molar-refractivity contribution is -0.140. The molecule has 0 heterocycles. The SMILES string of the molecule is C=CC(Oc1ccccc1)OC(C=C)Oc1ccccc1. The maximum Gasteiger partial charge on any atom is 0.223 e. The number of hydrogen-bond donors (Lipinski definition) is 0. The van der Waals surface area contributed by atoms with Crippen molar-refractivity contribution in [2.24, 2.45) is 0 Å². The lowest BCUT2D eigenvalue weighted by atomic mass is 10.3. The average molecular weight is 282 g/mol. The summed E-state index contributed by atoms with van der Waals surface area (Å²) in [6.07, 6.45) is 1.88. The van der Waals surface area contributed by atoms with E-state index in [-0.39, 0.29) is 0 Å². The largest absolute Gasteiger partial charge is 0.461 e. The molecule has 3 heteroatoms. The van der Waals surface area contributed by atoms with Crippen molar-refractivity contribution in [1.82, 2.24) is 0 Å². The lowest BCUT2D eigenvalue weighted by Gasteiger charge is -2.22. The van der Waals surface area contributed by atoms with Crippen LogP contribution in [0.5, 0.6) is 11.5 Å². The first-order chi connectivity index (χ1) is 10.3. The zero-order chi connectivity index (χ0) is 14.9. The lowest BCUT2D eigenvalue weighted by Crippen LogP contribution is -2.27. The van der Waals surface area contributed by atoms with E-state index in [0.717, 1.165) is 0 Å². The highest BCUT2D eigenvalue weighted by atomic mass is 16.8. The van der Waals surface area contributed by atoms with Gasteiger partial charge in [0.2, 0.25) is 12.6 Å². The van der Waals surface area contributed by atoms with Gasteiger partial charge >= 0.3 is 0 Å². The van der Waals surface area contributed by atoms with Gasteiger partial charge in [0.05, 0.1) is 0 Å². The van der Waals surface area contributed by atoms with E-state index in [1.165, 1.54) is 0 Å². The molecule has 2 atom stereocenters. The summed E-state index contributed by atoms with van der Waals surface area (Å²) in [5.41, 5.74) is 0. The number of rotatable bonds is 8. The van der Waals surface area contributed by atoms with E-state index < -0.39 is 12.6 Å². The predicted octanol–water partition coefficient (Wildman–Crippen LogP) is 4.19. The summed E-state index contributed by atoms with van der Waals surface area (Å²) in [6, 6.07) is 18.8. The summed E-state index contributed by atoms with van der Waals surface area (Å²) in [6.45, 7) is 7.42. The van der Waals surface area contributed by atoms with Gasteiger partial charge in [-0.2, -0.15) is 0 Å².